The number of carbonyl (C=O) groups excluding carboxylic acids is 1. The minimum atomic E-state index is -2.33. The Morgan fingerprint density at radius 1 is 0.952 bits per heavy atom. The number of amides is 2. The Labute approximate surface area is 130 Å². The first-order valence-electron chi connectivity index (χ1n) is 7.29. The molecule has 4 nitrogen and oxygen atoms in total. The average Bonchev–Trinajstić information content (AvgIpc) is 2.17. The van der Waals surface area contributed by atoms with Crippen LogP contribution in [-0.4, -0.2) is 46.9 Å². The molecule has 2 amide bonds. The second kappa shape index (κ2) is 5.24. The summed E-state index contributed by atoms with van der Waals surface area (Å²) in [7, 11) is -6.23. The van der Waals surface area contributed by atoms with Crippen molar-refractivity contribution >= 4 is 41.6 Å². The molecule has 0 fully saturated rings. The first-order chi connectivity index (χ1) is 9.09. The Bertz CT molecular complexity index is 512. The van der Waals surface area contributed by atoms with Crippen LogP contribution >= 0.6 is 0 Å². The van der Waals surface area contributed by atoms with E-state index >= 15 is 4.39 Å². The summed E-state index contributed by atoms with van der Waals surface area (Å²) in [6.45, 7) is 18.2. The largest absolute Gasteiger partial charge is 0.396 e. The molecule has 1 rings (SSSR count). The van der Waals surface area contributed by atoms with Crippen molar-refractivity contribution in [3.63, 3.8) is 0 Å². The zero-order valence-electron chi connectivity index (χ0n) is 14.7. The van der Waals surface area contributed by atoms with Crippen molar-refractivity contribution in [1.82, 2.24) is 4.98 Å². The molecule has 0 aromatic rings. The van der Waals surface area contributed by atoms with Crippen LogP contribution in [0.3, 0.4) is 0 Å². The van der Waals surface area contributed by atoms with E-state index in [9.17, 15) is 4.79 Å². The van der Waals surface area contributed by atoms with Gasteiger partial charge < -0.3 is 4.98 Å². The van der Waals surface area contributed by atoms with Gasteiger partial charge in [0.25, 0.3) is 0 Å². The summed E-state index contributed by atoms with van der Waals surface area (Å²) in [5.74, 6) is 0.221. The monoisotopic (exact) mass is 345 g/mol. The van der Waals surface area contributed by atoms with Crippen LogP contribution in [0.25, 0.3) is 0 Å². The molecular formula is C13H28FN3OSi3. The molecule has 1 unspecified atom stereocenters. The van der Waals surface area contributed by atoms with Crippen LogP contribution in [0.15, 0.2) is 9.98 Å². The Hall–Kier alpha value is -0.609. The Morgan fingerprint density at radius 2 is 1.43 bits per heavy atom. The summed E-state index contributed by atoms with van der Waals surface area (Å²) in [6, 6.07) is -0.570. The maximum atomic E-state index is 16.3. The molecule has 1 heterocycles. The molecule has 120 valence electrons. The number of aliphatic imine (C=N–C) groups is 2. The lowest BCUT2D eigenvalue weighted by molar-refractivity contribution is 0.255. The summed E-state index contributed by atoms with van der Waals surface area (Å²) in [5, 5.41) is -1.22. The van der Waals surface area contributed by atoms with E-state index in [2.05, 4.69) is 34.6 Å². The van der Waals surface area contributed by atoms with E-state index in [0.717, 1.165) is 0 Å². The van der Waals surface area contributed by atoms with Crippen molar-refractivity contribution in [3.05, 3.63) is 0 Å². The Balaban J connectivity index is 3.53. The third kappa shape index (κ3) is 3.78. The molecule has 0 spiro atoms. The van der Waals surface area contributed by atoms with Crippen molar-refractivity contribution < 1.29 is 9.18 Å². The highest BCUT2D eigenvalue weighted by Gasteiger charge is 2.58. The van der Waals surface area contributed by atoms with E-state index in [1.54, 1.807) is 0 Å². The molecule has 21 heavy (non-hydrogen) atoms. The van der Waals surface area contributed by atoms with Crippen molar-refractivity contribution in [2.24, 2.45) is 9.98 Å². The molecule has 0 radical (unpaired) electrons. The van der Waals surface area contributed by atoms with E-state index in [0.29, 0.717) is 5.33 Å². The van der Waals surface area contributed by atoms with E-state index in [4.69, 9.17) is 0 Å². The number of amidine groups is 1. The van der Waals surface area contributed by atoms with Crippen LogP contribution in [0.5, 0.6) is 0 Å². The van der Waals surface area contributed by atoms with E-state index in [-0.39, 0.29) is 5.84 Å². The van der Waals surface area contributed by atoms with Gasteiger partial charge in [0.05, 0.1) is 0 Å². The van der Waals surface area contributed by atoms with Gasteiger partial charge in [-0.1, -0.05) is 58.9 Å². The van der Waals surface area contributed by atoms with Crippen LogP contribution in [-0.2, 0) is 0 Å². The van der Waals surface area contributed by atoms with Crippen molar-refractivity contribution in [3.8, 4) is 0 Å². The van der Waals surface area contributed by atoms with Crippen LogP contribution in [0.2, 0.25) is 58.9 Å². The smallest absolute Gasteiger partial charge is 0.368 e. The minimum Gasteiger partial charge on any atom is -0.396 e. The summed E-state index contributed by atoms with van der Waals surface area (Å²) in [6.07, 6.45) is 0. The third-order valence-corrected chi connectivity index (χ3v) is 8.96. The van der Waals surface area contributed by atoms with Gasteiger partial charge in [-0.25, -0.2) is 14.2 Å². The van der Waals surface area contributed by atoms with Gasteiger partial charge in [-0.05, 0) is 0 Å². The molecule has 0 saturated carbocycles. The van der Waals surface area contributed by atoms with E-state index in [1.807, 2.05) is 39.3 Å². The van der Waals surface area contributed by atoms with E-state index < -0.39 is 35.7 Å². The Morgan fingerprint density at radius 3 is 1.76 bits per heavy atom. The summed E-state index contributed by atoms with van der Waals surface area (Å²) < 4.78 is 16.3. The first kappa shape index (κ1) is 18.4. The number of rotatable bonds is 3. The topological polar surface area (TPSA) is 53.8 Å². The summed E-state index contributed by atoms with van der Waals surface area (Å²) >= 11 is 0. The number of halogens is 1. The Kier molecular flexibility index (Phi) is 4.60. The zero-order valence-corrected chi connectivity index (χ0v) is 17.7. The van der Waals surface area contributed by atoms with Crippen LogP contribution in [0, 0.1) is 0 Å². The number of hydrogen-bond acceptors (Lipinski definition) is 2. The van der Waals surface area contributed by atoms with Crippen LogP contribution < -0.4 is 4.98 Å². The van der Waals surface area contributed by atoms with Gasteiger partial charge in [-0.3, -0.25) is 0 Å². The van der Waals surface area contributed by atoms with Crippen LogP contribution in [0.1, 0.15) is 0 Å². The highest BCUT2D eigenvalue weighted by molar-refractivity contribution is 7.11. The van der Waals surface area contributed by atoms with Crippen molar-refractivity contribution in [2.75, 3.05) is 0 Å². The zero-order chi connectivity index (χ0) is 16.9. The van der Waals surface area contributed by atoms with Crippen LogP contribution in [0.4, 0.5) is 9.18 Å². The maximum Gasteiger partial charge on any atom is 0.368 e. The lowest BCUT2D eigenvalue weighted by atomic mass is 10.3. The normalized spacial score (nSPS) is 24.6. The highest BCUT2D eigenvalue weighted by atomic mass is 28.3. The van der Waals surface area contributed by atoms with Gasteiger partial charge in [-0.15, -0.1) is 0 Å². The molecule has 1 aliphatic heterocycles. The maximum absolute atomic E-state index is 16.3. The molecule has 0 aromatic carbocycles. The van der Waals surface area contributed by atoms with Gasteiger partial charge in [0.2, 0.25) is 0 Å². The lowest BCUT2D eigenvalue weighted by Gasteiger charge is -2.44. The molecule has 1 N–H and O–H groups in total. The fourth-order valence-electron chi connectivity index (χ4n) is 2.35. The van der Waals surface area contributed by atoms with E-state index in [1.165, 1.54) is 0 Å². The molecule has 0 aromatic heterocycles. The quantitative estimate of drug-likeness (QED) is 0.790. The molecule has 0 bridgehead atoms. The molecule has 0 saturated heterocycles. The van der Waals surface area contributed by atoms with Crippen molar-refractivity contribution in [2.45, 2.75) is 64.2 Å². The molecule has 8 heteroatoms. The second-order valence-corrected chi connectivity index (χ2v) is 23.6. The van der Waals surface area contributed by atoms with Gasteiger partial charge in [0, 0.05) is 5.33 Å². The van der Waals surface area contributed by atoms with Crippen molar-refractivity contribution in [1.29, 1.82) is 0 Å². The standard InChI is InChI=1S/C13H28FN3OSi3/c1-19(2,3)11-13(14,20(4,5)6)10(15-12(18)16-11)17-21(7,8)9/h1-9H3,(H,15,17,18). The molecule has 1 aliphatic rings. The fraction of sp³-hybridized carbons (Fsp3) is 0.769. The number of nitrogens with one attached hydrogen (secondary N) is 1. The molecule has 1 atom stereocenters. The highest BCUT2D eigenvalue weighted by Crippen LogP contribution is 2.35. The van der Waals surface area contributed by atoms with Gasteiger partial charge in [0.15, 0.2) is 5.29 Å². The third-order valence-electron chi connectivity index (χ3n) is 3.30. The number of urea groups is 1. The summed E-state index contributed by atoms with van der Waals surface area (Å²) in [4.78, 5) is 23.1. The molecule has 0 aliphatic carbocycles. The number of nitrogens with zero attached hydrogens (tertiary/aromatic N) is 2. The first-order valence-corrected chi connectivity index (χ1v) is 17.8. The molecular weight excluding hydrogens is 317 g/mol. The van der Waals surface area contributed by atoms with Gasteiger partial charge >= 0.3 is 6.03 Å². The minimum absolute atomic E-state index is 0.221. The predicted molar refractivity (Wildman–Crippen MR) is 97.3 cm³/mol. The number of carbonyl (C=O) groups is 1. The lowest BCUT2D eigenvalue weighted by Crippen LogP contribution is -2.71. The average molecular weight is 346 g/mol. The van der Waals surface area contributed by atoms with Gasteiger partial charge in [0.1, 0.15) is 30.2 Å². The summed E-state index contributed by atoms with van der Waals surface area (Å²) in [5.41, 5.74) is 0. The van der Waals surface area contributed by atoms with Gasteiger partial charge in [-0.2, -0.15) is 4.99 Å². The number of alkyl halides is 1. The second-order valence-electron chi connectivity index (χ2n) is 8.74. The fourth-order valence-corrected chi connectivity index (χ4v) is 8.84. The predicted octanol–water partition coefficient (Wildman–Crippen LogP) is 3.85. The number of hydrogen-bond donors (Lipinski definition) is 1. The SMILES string of the molecule is C[Si](C)(C)NC1=NC(=O)N=C([Si](C)(C)C)C1(F)[Si](C)(C)C.